The molecule has 0 amide bonds. The van der Waals surface area contributed by atoms with E-state index in [1.54, 1.807) is 15.9 Å². The van der Waals surface area contributed by atoms with Gasteiger partial charge in [0, 0.05) is 11.9 Å². The van der Waals surface area contributed by atoms with Crippen molar-refractivity contribution in [2.45, 2.75) is 13.5 Å². The zero-order valence-electron chi connectivity index (χ0n) is 10.6. The third-order valence-corrected chi connectivity index (χ3v) is 3.95. The molecule has 0 spiro atoms. The fourth-order valence-electron chi connectivity index (χ4n) is 1.99. The number of nitrogens with one attached hydrogen (secondary N) is 1. The highest BCUT2D eigenvalue weighted by Crippen LogP contribution is 2.28. The standard InChI is InChI=1S/C12H13N5OS/c1-8-5-10(16(2)15-8)11-4-3-9(19-11)6-17-7-13-14-12(17)18/h3-5,7H,6H2,1-2H3,(H,14,18). The average Bonchev–Trinajstić information content (AvgIpc) is 3.03. The van der Waals surface area contributed by atoms with E-state index in [4.69, 9.17) is 0 Å². The molecule has 98 valence electrons. The monoisotopic (exact) mass is 275 g/mol. The number of rotatable bonds is 3. The Bertz CT molecular complexity index is 763. The molecule has 0 radical (unpaired) electrons. The van der Waals surface area contributed by atoms with Gasteiger partial charge in [-0.2, -0.15) is 10.2 Å². The largest absolute Gasteiger partial charge is 0.343 e. The summed E-state index contributed by atoms with van der Waals surface area (Å²) in [4.78, 5) is 13.6. The smallest absolute Gasteiger partial charge is 0.276 e. The highest BCUT2D eigenvalue weighted by atomic mass is 32.1. The number of hydrogen-bond donors (Lipinski definition) is 1. The van der Waals surface area contributed by atoms with Crippen LogP contribution >= 0.6 is 11.3 Å². The van der Waals surface area contributed by atoms with E-state index in [0.717, 1.165) is 21.1 Å². The van der Waals surface area contributed by atoms with Gasteiger partial charge in [0.2, 0.25) is 0 Å². The van der Waals surface area contributed by atoms with Crippen molar-refractivity contribution < 1.29 is 0 Å². The molecule has 0 unspecified atom stereocenters. The summed E-state index contributed by atoms with van der Waals surface area (Å²) >= 11 is 1.66. The number of aromatic nitrogens is 5. The minimum absolute atomic E-state index is 0.189. The maximum atomic E-state index is 11.4. The van der Waals surface area contributed by atoms with Crippen molar-refractivity contribution >= 4 is 11.3 Å². The lowest BCUT2D eigenvalue weighted by molar-refractivity contribution is 0.765. The summed E-state index contributed by atoms with van der Waals surface area (Å²) in [6, 6.07) is 6.14. The second-order valence-corrected chi connectivity index (χ2v) is 5.52. The van der Waals surface area contributed by atoms with Crippen LogP contribution in [-0.2, 0) is 13.6 Å². The zero-order chi connectivity index (χ0) is 13.4. The number of aromatic amines is 1. The predicted molar refractivity (Wildman–Crippen MR) is 73.2 cm³/mol. The van der Waals surface area contributed by atoms with E-state index in [9.17, 15) is 4.79 Å². The van der Waals surface area contributed by atoms with Gasteiger partial charge in [-0.1, -0.05) is 0 Å². The molecule has 0 bridgehead atoms. The van der Waals surface area contributed by atoms with Gasteiger partial charge in [0.05, 0.1) is 22.8 Å². The van der Waals surface area contributed by atoms with Crippen molar-refractivity contribution in [1.29, 1.82) is 0 Å². The van der Waals surface area contributed by atoms with Crippen LogP contribution < -0.4 is 5.69 Å². The number of thiophene rings is 1. The van der Waals surface area contributed by atoms with E-state index >= 15 is 0 Å². The fourth-order valence-corrected chi connectivity index (χ4v) is 3.05. The van der Waals surface area contributed by atoms with Crippen molar-refractivity contribution in [3.8, 4) is 10.6 Å². The fraction of sp³-hybridized carbons (Fsp3) is 0.250. The zero-order valence-corrected chi connectivity index (χ0v) is 11.4. The first kappa shape index (κ1) is 11.9. The Hall–Kier alpha value is -2.15. The Labute approximate surface area is 113 Å². The number of aryl methyl sites for hydroxylation is 2. The van der Waals surface area contributed by atoms with Crippen molar-refractivity contribution in [3.05, 3.63) is 45.6 Å². The Morgan fingerprint density at radius 3 is 2.89 bits per heavy atom. The van der Waals surface area contributed by atoms with E-state index in [-0.39, 0.29) is 5.69 Å². The summed E-state index contributed by atoms with van der Waals surface area (Å²) in [5.74, 6) is 0. The highest BCUT2D eigenvalue weighted by Gasteiger charge is 2.09. The number of hydrogen-bond acceptors (Lipinski definition) is 4. The molecule has 0 aliphatic rings. The maximum Gasteiger partial charge on any atom is 0.343 e. The second-order valence-electron chi connectivity index (χ2n) is 4.35. The topological polar surface area (TPSA) is 68.5 Å². The van der Waals surface area contributed by atoms with Gasteiger partial charge in [-0.15, -0.1) is 11.3 Å². The Balaban J connectivity index is 1.90. The molecule has 0 fully saturated rings. The molecule has 3 heterocycles. The summed E-state index contributed by atoms with van der Waals surface area (Å²) in [5.41, 5.74) is 1.90. The molecule has 1 N–H and O–H groups in total. The average molecular weight is 275 g/mol. The molecule has 0 saturated carbocycles. The van der Waals surface area contributed by atoms with Crippen LogP contribution in [0.15, 0.2) is 29.3 Å². The van der Waals surface area contributed by atoms with Crippen LogP contribution in [0.5, 0.6) is 0 Å². The van der Waals surface area contributed by atoms with E-state index in [1.165, 1.54) is 6.33 Å². The van der Waals surface area contributed by atoms with Crippen molar-refractivity contribution in [3.63, 3.8) is 0 Å². The lowest BCUT2D eigenvalue weighted by Gasteiger charge is -1.97. The Morgan fingerprint density at radius 1 is 1.42 bits per heavy atom. The SMILES string of the molecule is Cc1cc(-c2ccc(Cn3cn[nH]c3=O)s2)n(C)n1. The highest BCUT2D eigenvalue weighted by molar-refractivity contribution is 7.15. The van der Waals surface area contributed by atoms with Crippen LogP contribution in [0.1, 0.15) is 10.6 Å². The van der Waals surface area contributed by atoms with Crippen molar-refractivity contribution in [1.82, 2.24) is 24.5 Å². The molecular formula is C12H13N5OS. The summed E-state index contributed by atoms with van der Waals surface area (Å²) in [6.45, 7) is 2.51. The minimum atomic E-state index is -0.189. The van der Waals surface area contributed by atoms with Gasteiger partial charge in [0.25, 0.3) is 0 Å². The summed E-state index contributed by atoms with van der Waals surface area (Å²) in [7, 11) is 1.93. The molecule has 0 atom stereocenters. The molecule has 0 aliphatic carbocycles. The van der Waals surface area contributed by atoms with Gasteiger partial charge in [0.15, 0.2) is 0 Å². The van der Waals surface area contributed by atoms with Gasteiger partial charge >= 0.3 is 5.69 Å². The number of H-pyrrole nitrogens is 1. The maximum absolute atomic E-state index is 11.4. The molecule has 0 saturated heterocycles. The van der Waals surface area contributed by atoms with Gasteiger partial charge < -0.3 is 0 Å². The molecule has 6 nitrogen and oxygen atoms in total. The van der Waals surface area contributed by atoms with E-state index in [0.29, 0.717) is 6.54 Å². The molecule has 3 rings (SSSR count). The third kappa shape index (κ3) is 2.24. The first-order valence-electron chi connectivity index (χ1n) is 5.83. The Morgan fingerprint density at radius 2 is 2.26 bits per heavy atom. The summed E-state index contributed by atoms with van der Waals surface area (Å²) in [5, 5.41) is 10.4. The van der Waals surface area contributed by atoms with Crippen molar-refractivity contribution in [2.75, 3.05) is 0 Å². The molecular weight excluding hydrogens is 262 g/mol. The van der Waals surface area contributed by atoms with Gasteiger partial charge in [-0.25, -0.2) is 9.89 Å². The lowest BCUT2D eigenvalue weighted by Crippen LogP contribution is -2.16. The van der Waals surface area contributed by atoms with Crippen molar-refractivity contribution in [2.24, 2.45) is 7.05 Å². The first-order chi connectivity index (χ1) is 9.13. The van der Waals surface area contributed by atoms with Gasteiger partial charge in [0.1, 0.15) is 6.33 Å². The first-order valence-corrected chi connectivity index (χ1v) is 6.64. The molecule has 3 aromatic rings. The molecule has 19 heavy (non-hydrogen) atoms. The lowest BCUT2D eigenvalue weighted by atomic mass is 10.3. The normalized spacial score (nSPS) is 11.1. The summed E-state index contributed by atoms with van der Waals surface area (Å²) in [6.07, 6.45) is 1.51. The van der Waals surface area contributed by atoms with E-state index in [1.807, 2.05) is 24.7 Å². The molecule has 7 heteroatoms. The molecule has 3 aromatic heterocycles. The quantitative estimate of drug-likeness (QED) is 0.785. The van der Waals surface area contributed by atoms with Crippen LogP contribution in [0, 0.1) is 6.92 Å². The molecule has 0 aliphatic heterocycles. The molecule has 0 aromatic carbocycles. The van der Waals surface area contributed by atoms with Gasteiger partial charge in [-0.05, 0) is 25.1 Å². The predicted octanol–water partition coefficient (Wildman–Crippen LogP) is 1.39. The summed E-state index contributed by atoms with van der Waals surface area (Å²) < 4.78 is 3.42. The minimum Gasteiger partial charge on any atom is -0.276 e. The van der Waals surface area contributed by atoms with Crippen LogP contribution in [-0.4, -0.2) is 24.5 Å². The van der Waals surface area contributed by atoms with E-state index in [2.05, 4.69) is 27.4 Å². The van der Waals surface area contributed by atoms with Crippen LogP contribution in [0.4, 0.5) is 0 Å². The van der Waals surface area contributed by atoms with Crippen LogP contribution in [0.3, 0.4) is 0 Å². The van der Waals surface area contributed by atoms with Crippen LogP contribution in [0.2, 0.25) is 0 Å². The van der Waals surface area contributed by atoms with Crippen LogP contribution in [0.25, 0.3) is 10.6 Å². The Kier molecular flexibility index (Phi) is 2.83. The third-order valence-electron chi connectivity index (χ3n) is 2.86. The number of nitrogens with zero attached hydrogens (tertiary/aromatic N) is 4. The second kappa shape index (κ2) is 4.51. The van der Waals surface area contributed by atoms with Gasteiger partial charge in [-0.3, -0.25) is 9.25 Å². The van der Waals surface area contributed by atoms with E-state index < -0.39 is 0 Å².